The minimum atomic E-state index is -0.309. The molecule has 1 heterocycles. The van der Waals surface area contributed by atoms with Crippen LogP contribution in [0.3, 0.4) is 0 Å². The summed E-state index contributed by atoms with van der Waals surface area (Å²) >= 11 is 1.35. The molecule has 0 aliphatic heterocycles. The fourth-order valence-electron chi connectivity index (χ4n) is 2.01. The fourth-order valence-corrected chi connectivity index (χ4v) is 2.72. The van der Waals surface area contributed by atoms with Gasteiger partial charge in [-0.2, -0.15) is 0 Å². The van der Waals surface area contributed by atoms with Crippen molar-refractivity contribution in [3.05, 3.63) is 16.1 Å². The SMILES string of the molecule is CC(C)CCN(Cc1csc(C(=O)NN)n1)C1CC1. The number of thiazole rings is 1. The first-order valence-corrected chi connectivity index (χ1v) is 7.67. The Morgan fingerprint density at radius 3 is 2.95 bits per heavy atom. The van der Waals surface area contributed by atoms with Crippen LogP contribution in [0.15, 0.2) is 5.38 Å². The molecule has 0 unspecified atom stereocenters. The topological polar surface area (TPSA) is 71.2 Å². The zero-order valence-corrected chi connectivity index (χ0v) is 12.4. The van der Waals surface area contributed by atoms with Crippen LogP contribution in [0.1, 0.15) is 48.6 Å². The van der Waals surface area contributed by atoms with Gasteiger partial charge in [-0.1, -0.05) is 13.8 Å². The van der Waals surface area contributed by atoms with Gasteiger partial charge in [-0.15, -0.1) is 11.3 Å². The average Bonchev–Trinajstić information content (AvgIpc) is 3.13. The highest BCUT2D eigenvalue weighted by Gasteiger charge is 2.29. The second kappa shape index (κ2) is 6.45. The summed E-state index contributed by atoms with van der Waals surface area (Å²) < 4.78 is 0. The summed E-state index contributed by atoms with van der Waals surface area (Å²) in [5.41, 5.74) is 3.09. The van der Waals surface area contributed by atoms with Crippen molar-refractivity contribution in [2.75, 3.05) is 6.54 Å². The fraction of sp³-hybridized carbons (Fsp3) is 0.692. The molecule has 6 heteroatoms. The van der Waals surface area contributed by atoms with E-state index in [9.17, 15) is 4.79 Å². The molecule has 1 saturated carbocycles. The molecule has 0 aromatic carbocycles. The summed E-state index contributed by atoms with van der Waals surface area (Å²) in [5, 5.41) is 2.40. The molecule has 0 spiro atoms. The second-order valence-electron chi connectivity index (χ2n) is 5.50. The number of nitrogens with zero attached hydrogens (tertiary/aromatic N) is 2. The number of carbonyl (C=O) groups excluding carboxylic acids is 1. The summed E-state index contributed by atoms with van der Waals surface area (Å²) in [6.45, 7) is 6.44. The molecular weight excluding hydrogens is 260 g/mol. The molecule has 19 heavy (non-hydrogen) atoms. The highest BCUT2D eigenvalue weighted by atomic mass is 32.1. The monoisotopic (exact) mass is 282 g/mol. The zero-order chi connectivity index (χ0) is 13.8. The van der Waals surface area contributed by atoms with Gasteiger partial charge in [0, 0.05) is 18.0 Å². The normalized spacial score (nSPS) is 15.2. The first-order valence-electron chi connectivity index (χ1n) is 6.79. The highest BCUT2D eigenvalue weighted by Crippen LogP contribution is 2.29. The molecule has 1 amide bonds. The van der Waals surface area contributed by atoms with E-state index in [2.05, 4.69) is 29.2 Å². The lowest BCUT2D eigenvalue weighted by Crippen LogP contribution is -2.30. The van der Waals surface area contributed by atoms with Gasteiger partial charge in [0.15, 0.2) is 5.01 Å². The average molecular weight is 282 g/mol. The third kappa shape index (κ3) is 4.26. The number of nitrogens with two attached hydrogens (primary N) is 1. The molecule has 0 saturated heterocycles. The van der Waals surface area contributed by atoms with Crippen LogP contribution in [0.25, 0.3) is 0 Å². The van der Waals surface area contributed by atoms with Crippen molar-refractivity contribution in [3.63, 3.8) is 0 Å². The summed E-state index contributed by atoms with van der Waals surface area (Å²) in [4.78, 5) is 18.2. The molecule has 1 aromatic heterocycles. The van der Waals surface area contributed by atoms with Gasteiger partial charge in [-0.25, -0.2) is 10.8 Å². The van der Waals surface area contributed by atoms with E-state index in [1.54, 1.807) is 0 Å². The van der Waals surface area contributed by atoms with Crippen LogP contribution >= 0.6 is 11.3 Å². The number of rotatable bonds is 7. The van der Waals surface area contributed by atoms with E-state index in [1.807, 2.05) is 5.38 Å². The molecule has 5 nitrogen and oxygen atoms in total. The van der Waals surface area contributed by atoms with Crippen LogP contribution in [0, 0.1) is 5.92 Å². The number of nitrogen functional groups attached to an aromatic ring is 1. The molecule has 0 bridgehead atoms. The molecule has 3 N–H and O–H groups in total. The molecule has 1 aromatic rings. The van der Waals surface area contributed by atoms with E-state index < -0.39 is 0 Å². The first kappa shape index (κ1) is 14.4. The molecular formula is C13H22N4OS. The minimum Gasteiger partial charge on any atom is -0.295 e. The number of nitrogens with one attached hydrogen (secondary N) is 1. The van der Waals surface area contributed by atoms with Crippen molar-refractivity contribution >= 4 is 17.2 Å². The van der Waals surface area contributed by atoms with Gasteiger partial charge in [0.25, 0.3) is 5.91 Å². The number of carbonyl (C=O) groups is 1. The van der Waals surface area contributed by atoms with Gasteiger partial charge < -0.3 is 0 Å². The quantitative estimate of drug-likeness (QED) is 0.454. The third-order valence-corrected chi connectivity index (χ3v) is 4.19. The summed E-state index contributed by atoms with van der Waals surface area (Å²) in [6.07, 6.45) is 3.79. The van der Waals surface area contributed by atoms with E-state index >= 15 is 0 Å². The summed E-state index contributed by atoms with van der Waals surface area (Å²) in [6, 6.07) is 0.715. The first-order chi connectivity index (χ1) is 9.10. The number of hydrogen-bond donors (Lipinski definition) is 2. The van der Waals surface area contributed by atoms with Crippen molar-refractivity contribution in [2.24, 2.45) is 11.8 Å². The van der Waals surface area contributed by atoms with Gasteiger partial charge >= 0.3 is 0 Å². The molecule has 1 aliphatic rings. The van der Waals surface area contributed by atoms with Crippen molar-refractivity contribution < 1.29 is 4.79 Å². The maximum Gasteiger partial charge on any atom is 0.294 e. The molecule has 2 rings (SSSR count). The van der Waals surface area contributed by atoms with E-state index in [-0.39, 0.29) is 5.91 Å². The standard InChI is InChI=1S/C13H22N4OS/c1-9(2)5-6-17(11-3-4-11)7-10-8-19-13(15-10)12(18)16-14/h8-9,11H,3-7,14H2,1-2H3,(H,16,18). The number of amides is 1. The maximum atomic E-state index is 11.4. The van der Waals surface area contributed by atoms with Gasteiger partial charge in [-0.3, -0.25) is 15.1 Å². The Bertz CT molecular complexity index is 428. The predicted octanol–water partition coefficient (Wildman–Crippen LogP) is 1.76. The van der Waals surface area contributed by atoms with Gasteiger partial charge in [0.1, 0.15) is 0 Å². The molecule has 106 valence electrons. The number of hydrogen-bond acceptors (Lipinski definition) is 5. The molecule has 1 aliphatic carbocycles. The Hall–Kier alpha value is -0.980. The van der Waals surface area contributed by atoms with Gasteiger partial charge in [-0.05, 0) is 31.7 Å². The van der Waals surface area contributed by atoms with Crippen LogP contribution in [-0.4, -0.2) is 28.4 Å². The van der Waals surface area contributed by atoms with Crippen molar-refractivity contribution in [1.82, 2.24) is 15.3 Å². The van der Waals surface area contributed by atoms with E-state index in [1.165, 1.54) is 30.6 Å². The van der Waals surface area contributed by atoms with Crippen molar-refractivity contribution in [3.8, 4) is 0 Å². The number of hydrazine groups is 1. The Morgan fingerprint density at radius 2 is 2.37 bits per heavy atom. The third-order valence-electron chi connectivity index (χ3n) is 3.30. The van der Waals surface area contributed by atoms with Crippen molar-refractivity contribution in [2.45, 2.75) is 45.7 Å². The van der Waals surface area contributed by atoms with Crippen LogP contribution in [0.2, 0.25) is 0 Å². The Kier molecular flexibility index (Phi) is 4.90. The Labute approximate surface area is 118 Å². The molecule has 0 radical (unpaired) electrons. The van der Waals surface area contributed by atoms with Crippen LogP contribution in [0.4, 0.5) is 0 Å². The van der Waals surface area contributed by atoms with Gasteiger partial charge in [0.2, 0.25) is 0 Å². The van der Waals surface area contributed by atoms with Crippen LogP contribution in [-0.2, 0) is 6.54 Å². The zero-order valence-electron chi connectivity index (χ0n) is 11.6. The lowest BCUT2D eigenvalue weighted by molar-refractivity contribution is 0.0953. The molecule has 1 fully saturated rings. The van der Waals surface area contributed by atoms with E-state index in [4.69, 9.17) is 5.84 Å². The van der Waals surface area contributed by atoms with Crippen LogP contribution < -0.4 is 11.3 Å². The van der Waals surface area contributed by atoms with Crippen molar-refractivity contribution in [1.29, 1.82) is 0 Å². The summed E-state index contributed by atoms with van der Waals surface area (Å²) in [5.74, 6) is 5.52. The lowest BCUT2D eigenvalue weighted by atomic mass is 10.1. The second-order valence-corrected chi connectivity index (χ2v) is 6.36. The summed E-state index contributed by atoms with van der Waals surface area (Å²) in [7, 11) is 0. The van der Waals surface area contributed by atoms with E-state index in [0.717, 1.165) is 24.7 Å². The Balaban J connectivity index is 1.93. The van der Waals surface area contributed by atoms with E-state index in [0.29, 0.717) is 11.0 Å². The highest BCUT2D eigenvalue weighted by molar-refractivity contribution is 7.11. The lowest BCUT2D eigenvalue weighted by Gasteiger charge is -2.21. The van der Waals surface area contributed by atoms with Crippen LogP contribution in [0.5, 0.6) is 0 Å². The Morgan fingerprint density at radius 1 is 1.63 bits per heavy atom. The maximum absolute atomic E-state index is 11.4. The predicted molar refractivity (Wildman–Crippen MR) is 76.7 cm³/mol. The molecule has 0 atom stereocenters. The number of aromatic nitrogens is 1. The largest absolute Gasteiger partial charge is 0.295 e. The van der Waals surface area contributed by atoms with Gasteiger partial charge in [0.05, 0.1) is 5.69 Å². The minimum absolute atomic E-state index is 0.309. The smallest absolute Gasteiger partial charge is 0.294 e.